The maximum Gasteiger partial charge on any atom is 0.333 e. The standard InChI is InChI=1S/C19H23N5O4S/c1-20-18(25)15-10-16(22-24(15)2)29(27,28)23-19(26)21-17-13-7-3-5-11(13)9-12-6-4-8-14(12)17/h9-10H,3-8H2,1-2H3,(H,20,25)(H2,21,23,26). The predicted octanol–water partition coefficient (Wildman–Crippen LogP) is 1.27. The Kier molecular flexibility index (Phi) is 4.81. The van der Waals surface area contributed by atoms with Crippen LogP contribution in [0.2, 0.25) is 0 Å². The van der Waals surface area contributed by atoms with Crippen LogP contribution in [-0.4, -0.2) is 37.2 Å². The molecule has 3 N–H and O–H groups in total. The number of nitrogens with zero attached hydrogens (tertiary/aromatic N) is 2. The minimum Gasteiger partial charge on any atom is -0.354 e. The Hall–Kier alpha value is -2.88. The second-order valence-electron chi connectivity index (χ2n) is 7.36. The summed E-state index contributed by atoms with van der Waals surface area (Å²) >= 11 is 0. The molecule has 1 aromatic heterocycles. The molecule has 29 heavy (non-hydrogen) atoms. The highest BCUT2D eigenvalue weighted by atomic mass is 32.2. The largest absolute Gasteiger partial charge is 0.354 e. The molecule has 0 unspecified atom stereocenters. The van der Waals surface area contributed by atoms with E-state index in [4.69, 9.17) is 0 Å². The highest BCUT2D eigenvalue weighted by molar-refractivity contribution is 7.90. The SMILES string of the molecule is CNC(=O)c1cc(S(=O)(=O)NC(=O)Nc2c3c(cc4c2CCC4)CCC3)nn1C. The van der Waals surface area contributed by atoms with Gasteiger partial charge in [-0.3, -0.25) is 9.48 Å². The number of urea groups is 1. The average Bonchev–Trinajstić information content (AvgIpc) is 3.39. The number of nitrogens with one attached hydrogen (secondary N) is 3. The molecule has 2 aliphatic carbocycles. The van der Waals surface area contributed by atoms with Gasteiger partial charge >= 0.3 is 6.03 Å². The summed E-state index contributed by atoms with van der Waals surface area (Å²) in [5, 5.41) is 8.66. The van der Waals surface area contributed by atoms with E-state index in [1.807, 2.05) is 4.72 Å². The summed E-state index contributed by atoms with van der Waals surface area (Å²) < 4.78 is 28.4. The third-order valence-corrected chi connectivity index (χ3v) is 6.74. The molecule has 0 aliphatic heterocycles. The van der Waals surface area contributed by atoms with Crippen molar-refractivity contribution in [1.29, 1.82) is 0 Å². The highest BCUT2D eigenvalue weighted by Crippen LogP contribution is 2.38. The highest BCUT2D eigenvalue weighted by Gasteiger charge is 2.28. The molecule has 2 aliphatic rings. The van der Waals surface area contributed by atoms with Crippen molar-refractivity contribution in [2.75, 3.05) is 12.4 Å². The van der Waals surface area contributed by atoms with Crippen LogP contribution in [0.4, 0.5) is 10.5 Å². The quantitative estimate of drug-likeness (QED) is 0.691. The van der Waals surface area contributed by atoms with Crippen LogP contribution in [0, 0.1) is 0 Å². The topological polar surface area (TPSA) is 122 Å². The van der Waals surface area contributed by atoms with Gasteiger partial charge in [0.2, 0.25) is 0 Å². The van der Waals surface area contributed by atoms with Gasteiger partial charge in [-0.15, -0.1) is 0 Å². The van der Waals surface area contributed by atoms with Crippen molar-refractivity contribution >= 4 is 27.6 Å². The van der Waals surface area contributed by atoms with Gasteiger partial charge in [0.05, 0.1) is 0 Å². The molecule has 0 atom stereocenters. The van der Waals surface area contributed by atoms with E-state index in [1.54, 1.807) is 0 Å². The molecule has 9 nitrogen and oxygen atoms in total. The molecular weight excluding hydrogens is 394 g/mol. The monoisotopic (exact) mass is 417 g/mol. The fourth-order valence-electron chi connectivity index (χ4n) is 4.19. The van der Waals surface area contributed by atoms with Gasteiger partial charge in [-0.05, 0) is 60.8 Å². The van der Waals surface area contributed by atoms with E-state index in [1.165, 1.54) is 25.2 Å². The van der Waals surface area contributed by atoms with Crippen LogP contribution in [0.25, 0.3) is 0 Å². The van der Waals surface area contributed by atoms with E-state index in [-0.39, 0.29) is 5.69 Å². The first-order valence-electron chi connectivity index (χ1n) is 9.56. The van der Waals surface area contributed by atoms with Crippen LogP contribution in [0.5, 0.6) is 0 Å². The Labute approximate surface area is 168 Å². The molecule has 0 spiro atoms. The summed E-state index contributed by atoms with van der Waals surface area (Å²) in [4.78, 5) is 24.4. The minimum atomic E-state index is -4.23. The first-order valence-corrected chi connectivity index (χ1v) is 11.0. The number of anilines is 1. The summed E-state index contributed by atoms with van der Waals surface area (Å²) in [6.45, 7) is 0. The third-order valence-electron chi connectivity index (χ3n) is 5.53. The first kappa shape index (κ1) is 19.4. The van der Waals surface area contributed by atoms with E-state index in [0.717, 1.165) is 66.1 Å². The van der Waals surface area contributed by atoms with Gasteiger partial charge in [0.25, 0.3) is 15.9 Å². The van der Waals surface area contributed by atoms with Crippen LogP contribution in [0.3, 0.4) is 0 Å². The number of carbonyl (C=O) groups is 2. The zero-order chi connectivity index (χ0) is 20.8. The summed E-state index contributed by atoms with van der Waals surface area (Å²) in [6, 6.07) is 2.54. The van der Waals surface area contributed by atoms with Gasteiger partial charge in [0.1, 0.15) is 5.69 Å². The Morgan fingerprint density at radius 1 is 1.03 bits per heavy atom. The number of carbonyl (C=O) groups excluding carboxylic acids is 2. The van der Waals surface area contributed by atoms with Gasteiger partial charge in [-0.25, -0.2) is 9.52 Å². The van der Waals surface area contributed by atoms with E-state index in [9.17, 15) is 18.0 Å². The molecule has 0 saturated heterocycles. The minimum absolute atomic E-state index is 0.0759. The zero-order valence-corrected chi connectivity index (χ0v) is 17.1. The van der Waals surface area contributed by atoms with Crippen LogP contribution >= 0.6 is 0 Å². The fraction of sp³-hybridized carbons (Fsp3) is 0.421. The molecule has 4 rings (SSSR count). The molecule has 3 amide bonds. The molecule has 0 saturated carbocycles. The molecule has 154 valence electrons. The molecule has 1 aromatic carbocycles. The van der Waals surface area contributed by atoms with Gasteiger partial charge < -0.3 is 10.6 Å². The van der Waals surface area contributed by atoms with Crippen LogP contribution in [-0.2, 0) is 42.8 Å². The van der Waals surface area contributed by atoms with Gasteiger partial charge in [-0.1, -0.05) is 6.07 Å². The normalized spacial score (nSPS) is 15.0. The van der Waals surface area contributed by atoms with Crippen LogP contribution < -0.4 is 15.4 Å². The van der Waals surface area contributed by atoms with Gasteiger partial charge in [0, 0.05) is 25.8 Å². The van der Waals surface area contributed by atoms with Crippen molar-refractivity contribution in [2.24, 2.45) is 7.05 Å². The lowest BCUT2D eigenvalue weighted by molar-refractivity contribution is 0.0953. The van der Waals surface area contributed by atoms with E-state index >= 15 is 0 Å². The lowest BCUT2D eigenvalue weighted by Crippen LogP contribution is -2.35. The lowest BCUT2D eigenvalue weighted by Gasteiger charge is -2.16. The van der Waals surface area contributed by atoms with Crippen molar-refractivity contribution in [3.8, 4) is 0 Å². The molecule has 0 fully saturated rings. The van der Waals surface area contributed by atoms with Crippen LogP contribution in [0.15, 0.2) is 17.2 Å². The van der Waals surface area contributed by atoms with E-state index in [0.29, 0.717) is 0 Å². The number of fused-ring (bicyclic) bond motifs is 2. The maximum absolute atomic E-state index is 12.6. The number of benzene rings is 1. The maximum atomic E-state index is 12.6. The number of aromatic nitrogens is 2. The smallest absolute Gasteiger partial charge is 0.333 e. The number of hydrogen-bond acceptors (Lipinski definition) is 5. The second kappa shape index (κ2) is 7.18. The summed E-state index contributed by atoms with van der Waals surface area (Å²) in [5.74, 6) is -0.471. The Morgan fingerprint density at radius 2 is 1.66 bits per heavy atom. The van der Waals surface area contributed by atoms with Crippen molar-refractivity contribution in [3.63, 3.8) is 0 Å². The average molecular weight is 417 g/mol. The number of amides is 3. The number of rotatable bonds is 4. The lowest BCUT2D eigenvalue weighted by atomic mass is 9.99. The summed E-state index contributed by atoms with van der Waals surface area (Å²) in [5.41, 5.74) is 5.53. The Bertz CT molecular complexity index is 1090. The molecular formula is C19H23N5O4S. The van der Waals surface area contributed by atoms with Gasteiger partial charge in [-0.2, -0.15) is 13.5 Å². The predicted molar refractivity (Wildman–Crippen MR) is 106 cm³/mol. The molecule has 0 bridgehead atoms. The molecule has 10 heteroatoms. The first-order chi connectivity index (χ1) is 13.8. The van der Waals surface area contributed by atoms with Crippen LogP contribution in [0.1, 0.15) is 45.6 Å². The summed E-state index contributed by atoms with van der Waals surface area (Å²) in [6.07, 6.45) is 5.77. The Morgan fingerprint density at radius 3 is 2.24 bits per heavy atom. The second-order valence-corrected chi connectivity index (χ2v) is 8.99. The molecule has 2 aromatic rings. The van der Waals surface area contributed by atoms with Crippen molar-refractivity contribution in [3.05, 3.63) is 40.1 Å². The number of sulfonamides is 1. The third kappa shape index (κ3) is 3.48. The zero-order valence-electron chi connectivity index (χ0n) is 16.3. The fourth-order valence-corrected chi connectivity index (χ4v) is 5.09. The summed E-state index contributed by atoms with van der Waals surface area (Å²) in [7, 11) is -1.33. The number of aryl methyl sites for hydroxylation is 3. The van der Waals surface area contributed by atoms with E-state index < -0.39 is 27.0 Å². The van der Waals surface area contributed by atoms with Crippen molar-refractivity contribution in [2.45, 2.75) is 43.6 Å². The molecule has 0 radical (unpaired) electrons. The van der Waals surface area contributed by atoms with Crippen molar-refractivity contribution in [1.82, 2.24) is 19.8 Å². The Balaban J connectivity index is 1.58. The number of hydrogen-bond donors (Lipinski definition) is 3. The molecule has 1 heterocycles. The van der Waals surface area contributed by atoms with Crippen molar-refractivity contribution < 1.29 is 18.0 Å². The van der Waals surface area contributed by atoms with E-state index in [2.05, 4.69) is 21.8 Å². The van der Waals surface area contributed by atoms with Gasteiger partial charge in [0.15, 0.2) is 5.03 Å².